The summed E-state index contributed by atoms with van der Waals surface area (Å²) in [6, 6.07) is 0.616. The predicted molar refractivity (Wildman–Crippen MR) is 55.3 cm³/mol. The van der Waals surface area contributed by atoms with Gasteiger partial charge in [0, 0.05) is 19.3 Å². The zero-order valence-electron chi connectivity index (χ0n) is 8.45. The summed E-state index contributed by atoms with van der Waals surface area (Å²) in [7, 11) is 0. The maximum Gasteiger partial charge on any atom is 0.0767 e. The summed E-state index contributed by atoms with van der Waals surface area (Å²) in [5.74, 6) is 0.803. The Hall–Kier alpha value is -0.830. The van der Waals surface area contributed by atoms with E-state index in [4.69, 9.17) is 0 Å². The summed E-state index contributed by atoms with van der Waals surface area (Å²) in [5.41, 5.74) is 1.47. The molecule has 1 saturated heterocycles. The molecule has 0 spiro atoms. The second-order valence-electron chi connectivity index (χ2n) is 4.55. The third kappa shape index (κ3) is 1.36. The third-order valence-corrected chi connectivity index (χ3v) is 3.58. The van der Waals surface area contributed by atoms with Crippen molar-refractivity contribution in [2.75, 3.05) is 13.1 Å². The Bertz CT molecular complexity index is 308. The molecule has 3 nitrogen and oxygen atoms in total. The minimum Gasteiger partial charge on any atom is -0.312 e. The van der Waals surface area contributed by atoms with Gasteiger partial charge < -0.3 is 5.32 Å². The Kier molecular flexibility index (Phi) is 2.05. The molecule has 1 aromatic rings. The van der Waals surface area contributed by atoms with Gasteiger partial charge in [0.15, 0.2) is 0 Å². The van der Waals surface area contributed by atoms with Crippen LogP contribution in [0.5, 0.6) is 0 Å². The van der Waals surface area contributed by atoms with Crippen molar-refractivity contribution in [1.29, 1.82) is 0 Å². The van der Waals surface area contributed by atoms with E-state index in [1.165, 1.54) is 31.2 Å². The Morgan fingerprint density at radius 1 is 1.29 bits per heavy atom. The number of nitrogens with one attached hydrogen (secondary N) is 1. The number of rotatable bonds is 2. The first kappa shape index (κ1) is 8.48. The Balaban J connectivity index is 1.75. The van der Waals surface area contributed by atoms with Gasteiger partial charge in [-0.1, -0.05) is 12.8 Å². The van der Waals surface area contributed by atoms with E-state index in [9.17, 15) is 0 Å². The van der Waals surface area contributed by atoms with Gasteiger partial charge in [0.1, 0.15) is 0 Å². The lowest BCUT2D eigenvalue weighted by molar-refractivity contribution is 0.318. The van der Waals surface area contributed by atoms with Crippen LogP contribution in [0.2, 0.25) is 0 Å². The van der Waals surface area contributed by atoms with Crippen LogP contribution in [0.15, 0.2) is 12.4 Å². The molecule has 1 aromatic heterocycles. The van der Waals surface area contributed by atoms with Crippen LogP contribution < -0.4 is 5.32 Å². The highest BCUT2D eigenvalue weighted by atomic mass is 15.3. The van der Waals surface area contributed by atoms with Crippen LogP contribution >= 0.6 is 0 Å². The van der Waals surface area contributed by atoms with Gasteiger partial charge >= 0.3 is 0 Å². The fourth-order valence-corrected chi connectivity index (χ4v) is 2.48. The van der Waals surface area contributed by atoms with E-state index >= 15 is 0 Å². The molecule has 0 aromatic carbocycles. The Morgan fingerprint density at radius 3 is 2.71 bits per heavy atom. The summed E-state index contributed by atoms with van der Waals surface area (Å²) < 4.78 is 2.14. The van der Waals surface area contributed by atoms with Gasteiger partial charge in [-0.25, -0.2) is 0 Å². The van der Waals surface area contributed by atoms with Crippen LogP contribution in [-0.2, 0) is 0 Å². The SMILES string of the molecule is c1nn(C2CNC2)cc1C1CCCC1. The minimum atomic E-state index is 0.616. The van der Waals surface area contributed by atoms with E-state index in [0.29, 0.717) is 6.04 Å². The topological polar surface area (TPSA) is 29.9 Å². The molecule has 0 radical (unpaired) electrons. The molecule has 14 heavy (non-hydrogen) atoms. The number of aromatic nitrogens is 2. The van der Waals surface area contributed by atoms with Gasteiger partial charge in [-0.05, 0) is 24.3 Å². The fraction of sp³-hybridized carbons (Fsp3) is 0.727. The molecule has 1 aliphatic carbocycles. The molecule has 2 fully saturated rings. The van der Waals surface area contributed by atoms with E-state index in [2.05, 4.69) is 27.5 Å². The lowest BCUT2D eigenvalue weighted by Crippen LogP contribution is -2.43. The lowest BCUT2D eigenvalue weighted by atomic mass is 10.0. The van der Waals surface area contributed by atoms with Crippen molar-refractivity contribution in [3.05, 3.63) is 18.0 Å². The lowest BCUT2D eigenvalue weighted by Gasteiger charge is -2.27. The number of hydrogen-bond acceptors (Lipinski definition) is 2. The summed E-state index contributed by atoms with van der Waals surface area (Å²) in [6.07, 6.45) is 9.89. The highest BCUT2D eigenvalue weighted by Crippen LogP contribution is 2.34. The first-order valence-corrected chi connectivity index (χ1v) is 5.68. The number of nitrogens with zero attached hydrogens (tertiary/aromatic N) is 2. The highest BCUT2D eigenvalue weighted by Gasteiger charge is 2.22. The van der Waals surface area contributed by atoms with Crippen molar-refractivity contribution in [1.82, 2.24) is 15.1 Å². The summed E-state index contributed by atoms with van der Waals surface area (Å²) in [6.45, 7) is 2.18. The molecule has 2 aliphatic rings. The van der Waals surface area contributed by atoms with Crippen LogP contribution in [0, 0.1) is 0 Å². The monoisotopic (exact) mass is 191 g/mol. The van der Waals surface area contributed by atoms with Crippen molar-refractivity contribution in [3.63, 3.8) is 0 Å². The molecule has 3 rings (SSSR count). The van der Waals surface area contributed by atoms with E-state index in [0.717, 1.165) is 19.0 Å². The molecule has 76 valence electrons. The Morgan fingerprint density at radius 2 is 2.07 bits per heavy atom. The van der Waals surface area contributed by atoms with Gasteiger partial charge in [0.2, 0.25) is 0 Å². The van der Waals surface area contributed by atoms with Gasteiger partial charge in [-0.3, -0.25) is 4.68 Å². The van der Waals surface area contributed by atoms with E-state index in [1.807, 2.05) is 0 Å². The highest BCUT2D eigenvalue weighted by molar-refractivity contribution is 5.13. The van der Waals surface area contributed by atoms with Crippen molar-refractivity contribution in [2.45, 2.75) is 37.6 Å². The molecular weight excluding hydrogens is 174 g/mol. The zero-order valence-corrected chi connectivity index (χ0v) is 8.45. The van der Waals surface area contributed by atoms with E-state index < -0.39 is 0 Å². The van der Waals surface area contributed by atoms with Gasteiger partial charge in [0.05, 0.1) is 12.2 Å². The van der Waals surface area contributed by atoms with Crippen LogP contribution in [0.25, 0.3) is 0 Å². The molecule has 0 bridgehead atoms. The van der Waals surface area contributed by atoms with Crippen LogP contribution in [-0.4, -0.2) is 22.9 Å². The molecule has 1 aliphatic heterocycles. The first-order valence-electron chi connectivity index (χ1n) is 5.68. The molecule has 0 unspecified atom stereocenters. The van der Waals surface area contributed by atoms with Gasteiger partial charge in [-0.15, -0.1) is 0 Å². The largest absolute Gasteiger partial charge is 0.312 e. The van der Waals surface area contributed by atoms with Crippen molar-refractivity contribution in [3.8, 4) is 0 Å². The van der Waals surface area contributed by atoms with E-state index in [-0.39, 0.29) is 0 Å². The minimum absolute atomic E-state index is 0.616. The summed E-state index contributed by atoms with van der Waals surface area (Å²) in [5, 5.41) is 7.74. The smallest absolute Gasteiger partial charge is 0.0767 e. The average Bonchev–Trinajstić information content (AvgIpc) is 2.65. The molecule has 0 atom stereocenters. The van der Waals surface area contributed by atoms with Crippen LogP contribution in [0.1, 0.15) is 43.2 Å². The maximum absolute atomic E-state index is 4.46. The average molecular weight is 191 g/mol. The van der Waals surface area contributed by atoms with Crippen molar-refractivity contribution >= 4 is 0 Å². The molecular formula is C11H17N3. The zero-order chi connectivity index (χ0) is 9.38. The third-order valence-electron chi connectivity index (χ3n) is 3.58. The molecule has 1 N–H and O–H groups in total. The normalized spacial score (nSPS) is 24.0. The van der Waals surface area contributed by atoms with E-state index in [1.54, 1.807) is 0 Å². The second-order valence-corrected chi connectivity index (χ2v) is 4.55. The van der Waals surface area contributed by atoms with Gasteiger partial charge in [-0.2, -0.15) is 5.10 Å². The predicted octanol–water partition coefficient (Wildman–Crippen LogP) is 1.68. The standard InChI is InChI=1S/C11H17N3/c1-2-4-9(3-1)10-5-13-14(8-10)11-6-12-7-11/h5,8-9,11-12H,1-4,6-7H2. The number of hydrogen-bond donors (Lipinski definition) is 1. The van der Waals surface area contributed by atoms with Crippen molar-refractivity contribution < 1.29 is 0 Å². The molecule has 3 heteroatoms. The summed E-state index contributed by atoms with van der Waals surface area (Å²) in [4.78, 5) is 0. The molecule has 1 saturated carbocycles. The fourth-order valence-electron chi connectivity index (χ4n) is 2.48. The van der Waals surface area contributed by atoms with Crippen LogP contribution in [0.3, 0.4) is 0 Å². The molecule has 0 amide bonds. The van der Waals surface area contributed by atoms with Crippen molar-refractivity contribution in [2.24, 2.45) is 0 Å². The van der Waals surface area contributed by atoms with Crippen LogP contribution in [0.4, 0.5) is 0 Å². The Labute approximate surface area is 84.5 Å². The maximum atomic E-state index is 4.46. The quantitative estimate of drug-likeness (QED) is 0.771. The second kappa shape index (κ2) is 3.39. The summed E-state index contributed by atoms with van der Waals surface area (Å²) >= 11 is 0. The molecule has 2 heterocycles. The first-order chi connectivity index (χ1) is 6.93. The van der Waals surface area contributed by atoms with Gasteiger partial charge in [0.25, 0.3) is 0 Å².